The van der Waals surface area contributed by atoms with Crippen molar-refractivity contribution in [2.45, 2.75) is 52.0 Å². The molecule has 25 heavy (non-hydrogen) atoms. The molecule has 1 aromatic rings. The quantitative estimate of drug-likeness (QED) is 0.794. The number of carbonyl (C=O) groups is 2. The maximum absolute atomic E-state index is 12.5. The number of ether oxygens (including phenoxy) is 1. The molecule has 0 bridgehead atoms. The Kier molecular flexibility index (Phi) is 6.85. The van der Waals surface area contributed by atoms with E-state index in [1.54, 1.807) is 19.2 Å². The number of hydrogen-bond donors (Lipinski definition) is 2. The summed E-state index contributed by atoms with van der Waals surface area (Å²) in [6, 6.07) is 6.35. The van der Waals surface area contributed by atoms with Crippen molar-refractivity contribution in [3.05, 3.63) is 29.8 Å². The van der Waals surface area contributed by atoms with Crippen LogP contribution in [0.4, 0.5) is 0 Å². The zero-order chi connectivity index (χ0) is 18.4. The van der Waals surface area contributed by atoms with Crippen LogP contribution < -0.4 is 10.1 Å². The van der Waals surface area contributed by atoms with Crippen LogP contribution in [0, 0.1) is 17.8 Å². The van der Waals surface area contributed by atoms with Crippen molar-refractivity contribution in [2.75, 3.05) is 7.11 Å². The van der Waals surface area contributed by atoms with Gasteiger partial charge in [-0.2, -0.15) is 0 Å². The second-order valence-corrected chi connectivity index (χ2v) is 7.31. The Morgan fingerprint density at radius 1 is 1.16 bits per heavy atom. The molecular formula is C20H29NO4. The molecule has 1 aliphatic rings. The number of carboxylic acid groups (broad SMARTS) is 1. The van der Waals surface area contributed by atoms with Crippen LogP contribution in [-0.4, -0.2) is 30.1 Å². The molecule has 5 nitrogen and oxygen atoms in total. The first-order valence-corrected chi connectivity index (χ1v) is 9.06. The molecule has 0 unspecified atom stereocenters. The molecule has 138 valence electrons. The van der Waals surface area contributed by atoms with Gasteiger partial charge in [0.2, 0.25) is 5.91 Å². The van der Waals surface area contributed by atoms with Crippen molar-refractivity contribution in [3.63, 3.8) is 0 Å². The van der Waals surface area contributed by atoms with Gasteiger partial charge in [0.25, 0.3) is 0 Å². The van der Waals surface area contributed by atoms with Crippen LogP contribution in [0.2, 0.25) is 0 Å². The Balaban J connectivity index is 1.92. The smallest absolute Gasteiger partial charge is 0.326 e. The zero-order valence-corrected chi connectivity index (χ0v) is 15.3. The van der Waals surface area contributed by atoms with Gasteiger partial charge >= 0.3 is 5.97 Å². The summed E-state index contributed by atoms with van der Waals surface area (Å²) < 4.78 is 5.10. The van der Waals surface area contributed by atoms with E-state index in [9.17, 15) is 14.7 Å². The predicted octanol–water partition coefficient (Wildman–Crippen LogP) is 3.27. The monoisotopic (exact) mass is 347 g/mol. The number of carbonyl (C=O) groups excluding carboxylic acids is 1. The number of aliphatic carboxylic acids is 1. The molecule has 2 N–H and O–H groups in total. The lowest BCUT2D eigenvalue weighted by atomic mass is 9.76. The van der Waals surface area contributed by atoms with E-state index >= 15 is 0 Å². The maximum atomic E-state index is 12.5. The first-order valence-electron chi connectivity index (χ1n) is 9.06. The van der Waals surface area contributed by atoms with Gasteiger partial charge in [-0.05, 0) is 55.2 Å². The van der Waals surface area contributed by atoms with Gasteiger partial charge in [0.1, 0.15) is 11.8 Å². The van der Waals surface area contributed by atoms with E-state index in [1.165, 1.54) is 0 Å². The maximum Gasteiger partial charge on any atom is 0.326 e. The predicted molar refractivity (Wildman–Crippen MR) is 96.6 cm³/mol. The van der Waals surface area contributed by atoms with E-state index in [2.05, 4.69) is 19.2 Å². The lowest BCUT2D eigenvalue weighted by Crippen LogP contribution is -2.45. The molecular weight excluding hydrogens is 318 g/mol. The molecule has 1 fully saturated rings. The fraction of sp³-hybridized carbons (Fsp3) is 0.600. The van der Waals surface area contributed by atoms with Crippen molar-refractivity contribution in [3.8, 4) is 5.75 Å². The summed E-state index contributed by atoms with van der Waals surface area (Å²) in [5.41, 5.74) is 0.858. The molecule has 1 aliphatic carbocycles. The highest BCUT2D eigenvalue weighted by atomic mass is 16.5. The van der Waals surface area contributed by atoms with Gasteiger partial charge < -0.3 is 15.2 Å². The topological polar surface area (TPSA) is 75.6 Å². The molecule has 1 atom stereocenters. The third-order valence-corrected chi connectivity index (χ3v) is 5.30. The fourth-order valence-electron chi connectivity index (χ4n) is 3.54. The Labute approximate surface area is 149 Å². The Morgan fingerprint density at radius 3 is 2.24 bits per heavy atom. The average Bonchev–Trinajstić information content (AvgIpc) is 2.61. The van der Waals surface area contributed by atoms with Gasteiger partial charge in [-0.25, -0.2) is 4.79 Å². The number of benzene rings is 1. The molecule has 0 heterocycles. The van der Waals surface area contributed by atoms with Crippen molar-refractivity contribution in [1.29, 1.82) is 0 Å². The van der Waals surface area contributed by atoms with Crippen molar-refractivity contribution in [1.82, 2.24) is 5.32 Å². The Bertz CT molecular complexity index is 574. The molecule has 0 aromatic heterocycles. The number of carboxylic acids is 1. The summed E-state index contributed by atoms with van der Waals surface area (Å²) >= 11 is 0. The van der Waals surface area contributed by atoms with Crippen LogP contribution in [0.1, 0.15) is 45.1 Å². The first kappa shape index (κ1) is 19.3. The van der Waals surface area contributed by atoms with E-state index in [-0.39, 0.29) is 18.2 Å². The summed E-state index contributed by atoms with van der Waals surface area (Å²) in [7, 11) is 1.59. The van der Waals surface area contributed by atoms with E-state index in [0.717, 1.165) is 37.0 Å². The summed E-state index contributed by atoms with van der Waals surface area (Å²) in [5, 5.41) is 12.2. The van der Waals surface area contributed by atoms with E-state index in [4.69, 9.17) is 4.74 Å². The SMILES string of the molecule is COc1ccc(C[C@H](NC(=O)[C@H]2CC[C@H](C(C)C)CC2)C(=O)O)cc1. The highest BCUT2D eigenvalue weighted by Crippen LogP contribution is 2.33. The van der Waals surface area contributed by atoms with Crippen molar-refractivity contribution < 1.29 is 19.4 Å². The standard InChI is InChI=1S/C20H29NO4/c1-13(2)15-6-8-16(9-7-15)19(22)21-18(20(23)24)12-14-4-10-17(25-3)11-5-14/h4-5,10-11,13,15-16,18H,6-9,12H2,1-3H3,(H,21,22)(H,23,24)/t15-,16-,18-/m0/s1. The number of methoxy groups -OCH3 is 1. The minimum atomic E-state index is -1.000. The van der Waals surface area contributed by atoms with Crippen molar-refractivity contribution >= 4 is 11.9 Å². The third kappa shape index (κ3) is 5.48. The van der Waals surface area contributed by atoms with Gasteiger partial charge in [-0.1, -0.05) is 26.0 Å². The number of rotatable bonds is 7. The molecule has 5 heteroatoms. The summed E-state index contributed by atoms with van der Waals surface area (Å²) in [4.78, 5) is 24.0. The van der Waals surface area contributed by atoms with Gasteiger partial charge in [0.05, 0.1) is 7.11 Å². The fourth-order valence-corrected chi connectivity index (χ4v) is 3.54. The lowest BCUT2D eigenvalue weighted by Gasteiger charge is -2.30. The Hall–Kier alpha value is -2.04. The van der Waals surface area contributed by atoms with Gasteiger partial charge in [-0.3, -0.25) is 4.79 Å². The molecule has 0 spiro atoms. The average molecular weight is 347 g/mol. The highest BCUT2D eigenvalue weighted by molar-refractivity contribution is 5.85. The van der Waals surface area contributed by atoms with E-state index in [0.29, 0.717) is 11.8 Å². The minimum Gasteiger partial charge on any atom is -0.497 e. The summed E-state index contributed by atoms with van der Waals surface area (Å²) in [5.74, 6) is 0.863. The van der Waals surface area contributed by atoms with Crippen LogP contribution in [0.3, 0.4) is 0 Å². The molecule has 0 radical (unpaired) electrons. The van der Waals surface area contributed by atoms with Gasteiger partial charge in [0.15, 0.2) is 0 Å². The minimum absolute atomic E-state index is 0.0623. The molecule has 1 aromatic carbocycles. The van der Waals surface area contributed by atoms with Crippen LogP contribution >= 0.6 is 0 Å². The largest absolute Gasteiger partial charge is 0.497 e. The van der Waals surface area contributed by atoms with E-state index in [1.807, 2.05) is 12.1 Å². The van der Waals surface area contributed by atoms with Crippen LogP contribution in [0.15, 0.2) is 24.3 Å². The lowest BCUT2D eigenvalue weighted by molar-refractivity contribution is -0.142. The number of hydrogen-bond acceptors (Lipinski definition) is 3. The van der Waals surface area contributed by atoms with Crippen LogP contribution in [0.25, 0.3) is 0 Å². The first-order chi connectivity index (χ1) is 11.9. The molecule has 1 amide bonds. The molecule has 0 aliphatic heterocycles. The number of amides is 1. The Morgan fingerprint density at radius 2 is 1.76 bits per heavy atom. The summed E-state index contributed by atoms with van der Waals surface area (Å²) in [6.45, 7) is 4.45. The number of nitrogens with one attached hydrogen (secondary N) is 1. The summed E-state index contributed by atoms with van der Waals surface area (Å²) in [6.07, 6.45) is 4.07. The second-order valence-electron chi connectivity index (χ2n) is 7.31. The van der Waals surface area contributed by atoms with E-state index < -0.39 is 12.0 Å². The third-order valence-electron chi connectivity index (χ3n) is 5.30. The highest BCUT2D eigenvalue weighted by Gasteiger charge is 2.30. The van der Waals surface area contributed by atoms with Gasteiger partial charge in [0, 0.05) is 12.3 Å². The van der Waals surface area contributed by atoms with Gasteiger partial charge in [-0.15, -0.1) is 0 Å². The molecule has 1 saturated carbocycles. The molecule has 0 saturated heterocycles. The zero-order valence-electron chi connectivity index (χ0n) is 15.3. The normalized spacial score (nSPS) is 21.6. The molecule has 2 rings (SSSR count). The second kappa shape index (κ2) is 8.88. The van der Waals surface area contributed by atoms with Crippen LogP contribution in [0.5, 0.6) is 5.75 Å². The van der Waals surface area contributed by atoms with Crippen LogP contribution in [-0.2, 0) is 16.0 Å². The van der Waals surface area contributed by atoms with Crippen molar-refractivity contribution in [2.24, 2.45) is 17.8 Å².